The van der Waals surface area contributed by atoms with Gasteiger partial charge >= 0.3 is 5.97 Å². The second-order valence-corrected chi connectivity index (χ2v) is 4.04. The zero-order valence-corrected chi connectivity index (χ0v) is 9.94. The molecule has 1 aliphatic rings. The average Bonchev–Trinajstić information content (AvgIpc) is 2.75. The van der Waals surface area contributed by atoms with Gasteiger partial charge in [0.15, 0.2) is 0 Å². The van der Waals surface area contributed by atoms with Crippen LogP contribution in [0.4, 0.5) is 0 Å². The molecule has 1 unspecified atom stereocenters. The van der Waals surface area contributed by atoms with Gasteiger partial charge in [0.1, 0.15) is 6.04 Å². The first-order chi connectivity index (χ1) is 8.06. The van der Waals surface area contributed by atoms with Crippen LogP contribution in [-0.2, 0) is 14.4 Å². The monoisotopic (exact) mass is 242 g/mol. The van der Waals surface area contributed by atoms with Crippen LogP contribution in [0.25, 0.3) is 0 Å². The van der Waals surface area contributed by atoms with Gasteiger partial charge in [0.2, 0.25) is 11.8 Å². The van der Waals surface area contributed by atoms with Crippen molar-refractivity contribution in [3.63, 3.8) is 0 Å². The molecule has 1 fully saturated rings. The number of carbonyl (C=O) groups is 3. The zero-order chi connectivity index (χ0) is 12.8. The predicted molar refractivity (Wildman–Crippen MR) is 60.3 cm³/mol. The lowest BCUT2D eigenvalue weighted by molar-refractivity contribution is -0.148. The summed E-state index contributed by atoms with van der Waals surface area (Å²) in [5.74, 6) is -1.39. The van der Waals surface area contributed by atoms with Gasteiger partial charge in [-0.3, -0.25) is 9.59 Å². The molecule has 2 amide bonds. The minimum atomic E-state index is -0.964. The van der Waals surface area contributed by atoms with E-state index in [0.29, 0.717) is 25.9 Å². The first-order valence-electron chi connectivity index (χ1n) is 5.85. The summed E-state index contributed by atoms with van der Waals surface area (Å²) in [5.41, 5.74) is 0. The van der Waals surface area contributed by atoms with Gasteiger partial charge in [-0.15, -0.1) is 0 Å². The summed E-state index contributed by atoms with van der Waals surface area (Å²) >= 11 is 0. The molecule has 0 aromatic heterocycles. The Hall–Kier alpha value is -1.59. The van der Waals surface area contributed by atoms with Crippen molar-refractivity contribution in [1.29, 1.82) is 0 Å². The average molecular weight is 242 g/mol. The van der Waals surface area contributed by atoms with Crippen molar-refractivity contribution < 1.29 is 19.5 Å². The molecule has 0 aromatic rings. The van der Waals surface area contributed by atoms with Crippen molar-refractivity contribution in [2.75, 3.05) is 13.1 Å². The van der Waals surface area contributed by atoms with Crippen LogP contribution in [0.3, 0.4) is 0 Å². The molecule has 0 spiro atoms. The molecule has 1 aliphatic heterocycles. The number of hydrogen-bond donors (Lipinski definition) is 2. The predicted octanol–water partition coefficient (Wildman–Crippen LogP) is -0.0217. The Balaban J connectivity index is 2.42. The molecular formula is C11H18N2O4. The largest absolute Gasteiger partial charge is 0.480 e. The molecule has 1 heterocycles. The van der Waals surface area contributed by atoms with Crippen molar-refractivity contribution in [3.8, 4) is 0 Å². The fourth-order valence-electron chi connectivity index (χ4n) is 1.97. The number of aliphatic carboxylic acids is 1. The zero-order valence-electron chi connectivity index (χ0n) is 9.94. The lowest BCUT2D eigenvalue weighted by atomic mass is 10.2. The third-order valence-corrected chi connectivity index (χ3v) is 2.80. The molecule has 1 saturated heterocycles. The third-order valence-electron chi connectivity index (χ3n) is 2.80. The van der Waals surface area contributed by atoms with E-state index in [1.807, 2.05) is 0 Å². The molecule has 1 atom stereocenters. The van der Waals surface area contributed by atoms with Gasteiger partial charge in [-0.2, -0.15) is 0 Å². The van der Waals surface area contributed by atoms with E-state index in [4.69, 9.17) is 5.11 Å². The SMILES string of the molecule is CCNC(=O)CCC(=O)N1CCCC1C(=O)O. The number of carboxylic acids is 1. The number of likely N-dealkylation sites (tertiary alicyclic amines) is 1. The van der Waals surface area contributed by atoms with Crippen LogP contribution in [0.15, 0.2) is 0 Å². The standard InChI is InChI=1S/C11H18N2O4/c1-2-12-9(14)5-6-10(15)13-7-3-4-8(13)11(16)17/h8H,2-7H2,1H3,(H,12,14)(H,16,17). The molecule has 0 aliphatic carbocycles. The highest BCUT2D eigenvalue weighted by atomic mass is 16.4. The smallest absolute Gasteiger partial charge is 0.326 e. The number of carboxylic acid groups (broad SMARTS) is 1. The van der Waals surface area contributed by atoms with Crippen LogP contribution >= 0.6 is 0 Å². The molecule has 0 bridgehead atoms. The maximum atomic E-state index is 11.8. The number of rotatable bonds is 5. The molecule has 1 rings (SSSR count). The van der Waals surface area contributed by atoms with E-state index < -0.39 is 12.0 Å². The molecule has 0 aromatic carbocycles. The summed E-state index contributed by atoms with van der Waals surface area (Å²) in [5, 5.41) is 11.5. The van der Waals surface area contributed by atoms with E-state index in [2.05, 4.69) is 5.32 Å². The minimum absolute atomic E-state index is 0.0790. The number of hydrogen-bond acceptors (Lipinski definition) is 3. The summed E-state index contributed by atoms with van der Waals surface area (Å²) < 4.78 is 0. The van der Waals surface area contributed by atoms with Crippen LogP contribution in [0.5, 0.6) is 0 Å². The maximum absolute atomic E-state index is 11.8. The Morgan fingerprint density at radius 2 is 2.06 bits per heavy atom. The fourth-order valence-corrected chi connectivity index (χ4v) is 1.97. The molecule has 6 nitrogen and oxygen atoms in total. The number of nitrogens with one attached hydrogen (secondary N) is 1. The first kappa shape index (κ1) is 13.5. The Labute approximate surface area is 100.0 Å². The molecule has 96 valence electrons. The van der Waals surface area contributed by atoms with Gasteiger partial charge in [0.05, 0.1) is 0 Å². The van der Waals surface area contributed by atoms with Gasteiger partial charge in [-0.1, -0.05) is 0 Å². The second kappa shape index (κ2) is 6.22. The van der Waals surface area contributed by atoms with Gasteiger partial charge in [0, 0.05) is 25.9 Å². The first-order valence-corrected chi connectivity index (χ1v) is 5.85. The number of amides is 2. The summed E-state index contributed by atoms with van der Waals surface area (Å²) in [7, 11) is 0. The third kappa shape index (κ3) is 3.72. The quantitative estimate of drug-likeness (QED) is 0.709. The maximum Gasteiger partial charge on any atom is 0.326 e. The molecule has 0 radical (unpaired) electrons. The van der Waals surface area contributed by atoms with Crippen LogP contribution in [0, 0.1) is 0 Å². The van der Waals surface area contributed by atoms with Crippen molar-refractivity contribution in [2.45, 2.75) is 38.6 Å². The minimum Gasteiger partial charge on any atom is -0.480 e. The van der Waals surface area contributed by atoms with Crippen molar-refractivity contribution in [1.82, 2.24) is 10.2 Å². The Bertz CT molecular complexity index is 317. The van der Waals surface area contributed by atoms with Crippen LogP contribution < -0.4 is 5.32 Å². The molecule has 0 saturated carbocycles. The van der Waals surface area contributed by atoms with Gasteiger partial charge in [-0.25, -0.2) is 4.79 Å². The van der Waals surface area contributed by atoms with Crippen molar-refractivity contribution in [3.05, 3.63) is 0 Å². The molecule has 6 heteroatoms. The highest BCUT2D eigenvalue weighted by Gasteiger charge is 2.33. The van der Waals surface area contributed by atoms with E-state index in [9.17, 15) is 14.4 Å². The Kier molecular flexibility index (Phi) is 4.93. The Morgan fingerprint density at radius 3 is 2.65 bits per heavy atom. The van der Waals surface area contributed by atoms with E-state index in [1.54, 1.807) is 6.92 Å². The van der Waals surface area contributed by atoms with Crippen LogP contribution in [-0.4, -0.2) is 46.9 Å². The van der Waals surface area contributed by atoms with Gasteiger partial charge in [-0.05, 0) is 19.8 Å². The summed E-state index contributed by atoms with van der Waals surface area (Å²) in [6, 6.07) is -0.711. The summed E-state index contributed by atoms with van der Waals surface area (Å²) in [6.07, 6.45) is 1.41. The highest BCUT2D eigenvalue weighted by Crippen LogP contribution is 2.18. The number of carbonyl (C=O) groups excluding carboxylic acids is 2. The van der Waals surface area contributed by atoms with Crippen molar-refractivity contribution in [2.24, 2.45) is 0 Å². The van der Waals surface area contributed by atoms with Crippen LogP contribution in [0.1, 0.15) is 32.6 Å². The van der Waals surface area contributed by atoms with E-state index >= 15 is 0 Å². The second-order valence-electron chi connectivity index (χ2n) is 4.04. The molecule has 2 N–H and O–H groups in total. The van der Waals surface area contributed by atoms with Crippen molar-refractivity contribution >= 4 is 17.8 Å². The van der Waals surface area contributed by atoms with Gasteiger partial charge < -0.3 is 15.3 Å². The lowest BCUT2D eigenvalue weighted by Gasteiger charge is -2.21. The van der Waals surface area contributed by atoms with E-state index in [1.165, 1.54) is 4.90 Å². The van der Waals surface area contributed by atoms with E-state index in [-0.39, 0.29) is 24.7 Å². The highest BCUT2D eigenvalue weighted by molar-refractivity contribution is 5.87. The fraction of sp³-hybridized carbons (Fsp3) is 0.727. The lowest BCUT2D eigenvalue weighted by Crippen LogP contribution is -2.40. The van der Waals surface area contributed by atoms with Gasteiger partial charge in [0.25, 0.3) is 0 Å². The van der Waals surface area contributed by atoms with E-state index in [0.717, 1.165) is 0 Å². The summed E-state index contributed by atoms with van der Waals surface area (Å²) in [4.78, 5) is 35.2. The molecular weight excluding hydrogens is 224 g/mol. The van der Waals surface area contributed by atoms with Crippen LogP contribution in [0.2, 0.25) is 0 Å². The topological polar surface area (TPSA) is 86.7 Å². The number of nitrogens with zero attached hydrogens (tertiary/aromatic N) is 1. The summed E-state index contributed by atoms with van der Waals surface area (Å²) in [6.45, 7) is 2.82. The Morgan fingerprint density at radius 1 is 1.35 bits per heavy atom. The normalized spacial score (nSPS) is 19.1. The molecule has 17 heavy (non-hydrogen) atoms.